The number of hydrogen-bond donors (Lipinski definition) is 0. The molecule has 1 saturated heterocycles. The van der Waals surface area contributed by atoms with Crippen LogP contribution in [-0.4, -0.2) is 64.7 Å². The van der Waals surface area contributed by atoms with E-state index in [-0.39, 0.29) is 11.8 Å². The number of benzene rings is 1. The Morgan fingerprint density at radius 1 is 1.14 bits per heavy atom. The van der Waals surface area contributed by atoms with Crippen molar-refractivity contribution in [2.75, 3.05) is 43.0 Å². The van der Waals surface area contributed by atoms with Crippen molar-refractivity contribution < 1.29 is 9.59 Å². The predicted octanol–water partition coefficient (Wildman–Crippen LogP) is 1.47. The maximum absolute atomic E-state index is 12.9. The largest absolute Gasteiger partial charge is 0.314 e. The number of aryl methyl sites for hydroxylation is 1. The van der Waals surface area contributed by atoms with Crippen LogP contribution in [0.25, 0.3) is 0 Å². The molecular weight excluding hydrogens is 356 g/mol. The topological polar surface area (TPSA) is 74.6 Å². The molecule has 0 saturated carbocycles. The Kier molecular flexibility index (Phi) is 5.13. The van der Waals surface area contributed by atoms with Gasteiger partial charge in [-0.3, -0.25) is 14.5 Å². The van der Waals surface area contributed by atoms with Crippen LogP contribution in [0.5, 0.6) is 0 Å². The summed E-state index contributed by atoms with van der Waals surface area (Å²) in [5.74, 6) is 0.219. The molecule has 2 aliphatic rings. The van der Waals surface area contributed by atoms with Gasteiger partial charge in [0.2, 0.25) is 11.7 Å². The molecule has 2 amide bonds. The molecule has 8 heteroatoms. The van der Waals surface area contributed by atoms with Gasteiger partial charge in [-0.2, -0.15) is 5.10 Å². The minimum atomic E-state index is -0.168. The van der Waals surface area contributed by atoms with Gasteiger partial charge in [0.25, 0.3) is 5.91 Å². The second-order valence-electron chi connectivity index (χ2n) is 7.52. The summed E-state index contributed by atoms with van der Waals surface area (Å²) in [5.41, 5.74) is 2.76. The van der Waals surface area contributed by atoms with Crippen LogP contribution in [-0.2, 0) is 18.3 Å². The molecular formula is C20H26N6O2. The van der Waals surface area contributed by atoms with E-state index < -0.39 is 0 Å². The first kappa shape index (κ1) is 18.6. The normalized spacial score (nSPS) is 16.9. The number of fused-ring (bicyclic) bond motifs is 1. The molecule has 3 heterocycles. The van der Waals surface area contributed by atoms with Crippen LogP contribution in [0.2, 0.25) is 0 Å². The number of amides is 2. The molecule has 28 heavy (non-hydrogen) atoms. The van der Waals surface area contributed by atoms with E-state index in [1.165, 1.54) is 17.4 Å². The van der Waals surface area contributed by atoms with E-state index in [1.807, 2.05) is 18.2 Å². The number of likely N-dealkylation sites (N-methyl/N-ethyl adjacent to an activating group) is 1. The molecule has 1 aromatic heterocycles. The summed E-state index contributed by atoms with van der Waals surface area (Å²) in [6.07, 6.45) is 5.75. The summed E-state index contributed by atoms with van der Waals surface area (Å²) in [5, 5.41) is 3.99. The Bertz CT molecular complexity index is 887. The molecule has 0 radical (unpaired) electrons. The van der Waals surface area contributed by atoms with Crippen LogP contribution >= 0.6 is 0 Å². The fourth-order valence-electron chi connectivity index (χ4n) is 3.96. The van der Waals surface area contributed by atoms with Gasteiger partial charge in [0.1, 0.15) is 6.33 Å². The average molecular weight is 382 g/mol. The van der Waals surface area contributed by atoms with E-state index in [4.69, 9.17) is 0 Å². The average Bonchev–Trinajstić information content (AvgIpc) is 3.33. The van der Waals surface area contributed by atoms with E-state index in [0.29, 0.717) is 18.9 Å². The summed E-state index contributed by atoms with van der Waals surface area (Å²) in [4.78, 5) is 35.3. The highest BCUT2D eigenvalue weighted by molar-refractivity contribution is 6.05. The van der Waals surface area contributed by atoms with Crippen molar-refractivity contribution in [3.05, 3.63) is 35.9 Å². The monoisotopic (exact) mass is 382 g/mol. The van der Waals surface area contributed by atoms with Crippen molar-refractivity contribution >= 4 is 23.2 Å². The lowest BCUT2D eigenvalue weighted by atomic mass is 10.1. The lowest BCUT2D eigenvalue weighted by molar-refractivity contribution is -0.119. The van der Waals surface area contributed by atoms with Gasteiger partial charge in [-0.25, -0.2) is 9.67 Å². The number of likely N-dealkylation sites (tertiary alicyclic amines) is 1. The third-order valence-electron chi connectivity index (χ3n) is 5.68. The summed E-state index contributed by atoms with van der Waals surface area (Å²) >= 11 is 0. The number of anilines is 2. The molecule has 4 rings (SSSR count). The van der Waals surface area contributed by atoms with Crippen LogP contribution in [0, 0.1) is 0 Å². The third kappa shape index (κ3) is 3.52. The smallest absolute Gasteiger partial charge is 0.295 e. The molecule has 0 bridgehead atoms. The van der Waals surface area contributed by atoms with Crippen LogP contribution in [0.4, 0.5) is 11.4 Å². The van der Waals surface area contributed by atoms with E-state index in [1.54, 1.807) is 23.9 Å². The number of aromatic nitrogens is 3. The first-order chi connectivity index (χ1) is 13.5. The fourth-order valence-corrected chi connectivity index (χ4v) is 3.96. The van der Waals surface area contributed by atoms with Crippen molar-refractivity contribution in [3.63, 3.8) is 0 Å². The number of rotatable bonds is 4. The van der Waals surface area contributed by atoms with Crippen molar-refractivity contribution in [1.29, 1.82) is 0 Å². The zero-order valence-electron chi connectivity index (χ0n) is 16.5. The van der Waals surface area contributed by atoms with E-state index >= 15 is 0 Å². The molecule has 148 valence electrons. The summed E-state index contributed by atoms with van der Waals surface area (Å²) in [6.45, 7) is 3.03. The second-order valence-corrected chi connectivity index (χ2v) is 7.52. The molecule has 0 spiro atoms. The first-order valence-electron chi connectivity index (χ1n) is 9.82. The molecule has 0 aliphatic carbocycles. The summed E-state index contributed by atoms with van der Waals surface area (Å²) in [6, 6.07) is 5.91. The molecule has 0 unspecified atom stereocenters. The van der Waals surface area contributed by atoms with Crippen molar-refractivity contribution in [3.8, 4) is 0 Å². The van der Waals surface area contributed by atoms with Crippen LogP contribution in [0.15, 0.2) is 24.5 Å². The maximum atomic E-state index is 12.9. The molecule has 8 nitrogen and oxygen atoms in total. The van der Waals surface area contributed by atoms with E-state index in [0.717, 1.165) is 49.3 Å². The minimum Gasteiger partial charge on any atom is -0.314 e. The van der Waals surface area contributed by atoms with E-state index in [2.05, 4.69) is 15.0 Å². The van der Waals surface area contributed by atoms with Gasteiger partial charge < -0.3 is 9.80 Å². The third-order valence-corrected chi connectivity index (χ3v) is 5.68. The number of piperidine rings is 1. The molecule has 2 aliphatic heterocycles. The number of carbonyl (C=O) groups is 2. The fraction of sp³-hybridized carbons (Fsp3) is 0.500. The van der Waals surface area contributed by atoms with Crippen LogP contribution in [0.1, 0.15) is 35.4 Å². The lowest BCUT2D eigenvalue weighted by Gasteiger charge is -2.28. The quantitative estimate of drug-likeness (QED) is 0.801. The lowest BCUT2D eigenvalue weighted by Crippen LogP contribution is -2.40. The van der Waals surface area contributed by atoms with Gasteiger partial charge >= 0.3 is 0 Å². The molecule has 0 atom stereocenters. The second kappa shape index (κ2) is 7.71. The Hall–Kier alpha value is -2.74. The zero-order valence-corrected chi connectivity index (χ0v) is 16.5. The molecule has 1 aromatic carbocycles. The van der Waals surface area contributed by atoms with Gasteiger partial charge in [0.15, 0.2) is 0 Å². The Morgan fingerprint density at radius 3 is 2.64 bits per heavy atom. The van der Waals surface area contributed by atoms with Gasteiger partial charge in [0.05, 0.1) is 6.54 Å². The number of nitrogens with zero attached hydrogens (tertiary/aromatic N) is 6. The van der Waals surface area contributed by atoms with E-state index in [9.17, 15) is 9.59 Å². The summed E-state index contributed by atoms with van der Waals surface area (Å²) in [7, 11) is 3.51. The Labute approximate surface area is 164 Å². The molecule has 0 N–H and O–H groups in total. The van der Waals surface area contributed by atoms with Crippen LogP contribution < -0.4 is 9.80 Å². The maximum Gasteiger partial charge on any atom is 0.295 e. The zero-order chi connectivity index (χ0) is 19.7. The van der Waals surface area contributed by atoms with Gasteiger partial charge in [-0.15, -0.1) is 0 Å². The van der Waals surface area contributed by atoms with Crippen molar-refractivity contribution in [2.45, 2.75) is 25.7 Å². The highest BCUT2D eigenvalue weighted by Crippen LogP contribution is 2.33. The Balaban J connectivity index is 1.52. The highest BCUT2D eigenvalue weighted by Gasteiger charge is 2.29. The standard InChI is InChI=1S/C20H26N6O2/c1-23(18(27)13-25-9-4-3-5-10-25)16-7-6-15-8-11-26(17(15)12-16)20(28)19-21-14-22-24(19)2/h6-7,12,14H,3-5,8-11,13H2,1-2H3. The van der Waals surface area contributed by atoms with Crippen LogP contribution in [0.3, 0.4) is 0 Å². The Morgan fingerprint density at radius 2 is 1.93 bits per heavy atom. The van der Waals surface area contributed by atoms with Crippen molar-refractivity contribution in [1.82, 2.24) is 19.7 Å². The first-order valence-corrected chi connectivity index (χ1v) is 9.82. The number of hydrogen-bond acceptors (Lipinski definition) is 5. The van der Waals surface area contributed by atoms with Gasteiger partial charge in [0, 0.05) is 32.0 Å². The molecule has 2 aromatic rings. The van der Waals surface area contributed by atoms with Gasteiger partial charge in [-0.05, 0) is 50.0 Å². The highest BCUT2D eigenvalue weighted by atomic mass is 16.2. The number of carbonyl (C=O) groups excluding carboxylic acids is 2. The predicted molar refractivity (Wildman–Crippen MR) is 107 cm³/mol. The minimum absolute atomic E-state index is 0.0750. The van der Waals surface area contributed by atoms with Crippen molar-refractivity contribution in [2.24, 2.45) is 7.05 Å². The summed E-state index contributed by atoms with van der Waals surface area (Å²) < 4.78 is 1.48. The van der Waals surface area contributed by atoms with Gasteiger partial charge in [-0.1, -0.05) is 12.5 Å². The molecule has 1 fully saturated rings. The SMILES string of the molecule is CN(C(=O)CN1CCCCC1)c1ccc2c(c1)N(C(=O)c1ncnn1C)CC2.